The van der Waals surface area contributed by atoms with Crippen molar-refractivity contribution in [3.8, 4) is 10.6 Å². The smallest absolute Gasteiger partial charge is 0.267 e. The second-order valence-corrected chi connectivity index (χ2v) is 7.88. The van der Waals surface area contributed by atoms with Gasteiger partial charge in [0.25, 0.3) is 5.56 Å². The number of thioether (sulfide) groups is 1. The summed E-state index contributed by atoms with van der Waals surface area (Å²) in [6.45, 7) is 4.45. The second-order valence-electron chi connectivity index (χ2n) is 5.74. The molecule has 0 aliphatic heterocycles. The average molecular weight is 342 g/mol. The summed E-state index contributed by atoms with van der Waals surface area (Å²) in [7, 11) is 0. The largest absolute Gasteiger partial charge is 0.279 e. The van der Waals surface area contributed by atoms with Gasteiger partial charge in [-0.15, -0.1) is 23.1 Å². The van der Waals surface area contributed by atoms with Crippen LogP contribution in [0.5, 0.6) is 0 Å². The molecule has 118 valence electrons. The summed E-state index contributed by atoms with van der Waals surface area (Å²) in [6, 6.07) is 11.6. The van der Waals surface area contributed by atoms with Crippen molar-refractivity contribution >= 4 is 33.2 Å². The predicted octanol–water partition coefficient (Wildman–Crippen LogP) is 4.86. The van der Waals surface area contributed by atoms with Gasteiger partial charge in [-0.05, 0) is 42.4 Å². The minimum atomic E-state index is -0.176. The van der Waals surface area contributed by atoms with Crippen molar-refractivity contribution in [1.82, 2.24) is 9.97 Å². The molecule has 0 fully saturated rings. The topological polar surface area (TPSA) is 42.9 Å². The molecular weight excluding hydrogens is 324 g/mol. The highest BCUT2D eigenvalue weighted by molar-refractivity contribution is 7.99. The molecule has 0 N–H and O–H groups in total. The number of aromatic nitrogens is 2. The number of fused-ring (bicyclic) bond motifs is 1. The van der Waals surface area contributed by atoms with Crippen molar-refractivity contribution in [1.29, 1.82) is 0 Å². The van der Waals surface area contributed by atoms with Gasteiger partial charge in [-0.3, -0.25) is 4.79 Å². The first-order valence-electron chi connectivity index (χ1n) is 7.62. The zero-order chi connectivity index (χ0) is 16.2. The van der Waals surface area contributed by atoms with Crippen molar-refractivity contribution in [2.24, 2.45) is 5.92 Å². The van der Waals surface area contributed by atoms with Gasteiger partial charge < -0.3 is 0 Å². The van der Waals surface area contributed by atoms with Crippen molar-refractivity contribution in [2.45, 2.75) is 25.3 Å². The minimum Gasteiger partial charge on any atom is -0.267 e. The molecule has 23 heavy (non-hydrogen) atoms. The molecule has 0 spiro atoms. The van der Waals surface area contributed by atoms with Gasteiger partial charge in [0.1, 0.15) is 5.01 Å². The van der Waals surface area contributed by atoms with Crippen LogP contribution in [0.2, 0.25) is 0 Å². The van der Waals surface area contributed by atoms with Crippen LogP contribution in [-0.4, -0.2) is 15.7 Å². The third kappa shape index (κ3) is 3.98. The van der Waals surface area contributed by atoms with Crippen molar-refractivity contribution in [2.75, 3.05) is 5.75 Å². The Bertz CT molecular complexity index is 857. The molecule has 0 aliphatic carbocycles. The maximum absolute atomic E-state index is 12.1. The first-order chi connectivity index (χ1) is 11.1. The van der Waals surface area contributed by atoms with E-state index in [4.69, 9.17) is 0 Å². The van der Waals surface area contributed by atoms with Crippen LogP contribution in [0.15, 0.2) is 52.4 Å². The zero-order valence-corrected chi connectivity index (χ0v) is 14.8. The third-order valence-electron chi connectivity index (χ3n) is 3.46. The lowest BCUT2D eigenvalue weighted by Crippen LogP contribution is -2.05. The highest BCUT2D eigenvalue weighted by atomic mass is 32.2. The number of hydrogen-bond acceptors (Lipinski definition) is 5. The molecule has 0 bridgehead atoms. The lowest BCUT2D eigenvalue weighted by molar-refractivity contribution is 0.632. The van der Waals surface area contributed by atoms with E-state index >= 15 is 0 Å². The molecule has 2 heterocycles. The van der Waals surface area contributed by atoms with Gasteiger partial charge in [0.2, 0.25) is 0 Å². The fourth-order valence-electron chi connectivity index (χ4n) is 2.13. The Labute approximate surface area is 143 Å². The van der Waals surface area contributed by atoms with Gasteiger partial charge in [0, 0.05) is 16.5 Å². The van der Waals surface area contributed by atoms with Crippen LogP contribution in [0.4, 0.5) is 0 Å². The molecule has 0 atom stereocenters. The van der Waals surface area contributed by atoms with Crippen LogP contribution in [0.1, 0.15) is 20.3 Å². The molecule has 0 aliphatic rings. The Balaban J connectivity index is 1.83. The molecule has 1 aromatic carbocycles. The van der Waals surface area contributed by atoms with Crippen molar-refractivity contribution in [3.05, 3.63) is 52.9 Å². The highest BCUT2D eigenvalue weighted by Crippen LogP contribution is 2.27. The summed E-state index contributed by atoms with van der Waals surface area (Å²) >= 11 is 3.29. The Hall–Kier alpha value is -1.72. The van der Waals surface area contributed by atoms with Crippen LogP contribution in [0.25, 0.3) is 20.7 Å². The van der Waals surface area contributed by atoms with Crippen LogP contribution < -0.4 is 5.56 Å². The summed E-state index contributed by atoms with van der Waals surface area (Å²) in [5.74, 6) is 1.78. The summed E-state index contributed by atoms with van der Waals surface area (Å²) in [4.78, 5) is 20.8. The summed E-state index contributed by atoms with van der Waals surface area (Å²) in [6.07, 6.45) is 2.99. The first kappa shape index (κ1) is 16.1. The molecule has 0 radical (unpaired) electrons. The van der Waals surface area contributed by atoms with Crippen LogP contribution in [-0.2, 0) is 0 Å². The summed E-state index contributed by atoms with van der Waals surface area (Å²) in [5.41, 5.74) is 0.718. The number of benzene rings is 1. The fourth-order valence-corrected chi connectivity index (χ4v) is 4.20. The van der Waals surface area contributed by atoms with E-state index in [-0.39, 0.29) is 5.56 Å². The maximum atomic E-state index is 12.1. The lowest BCUT2D eigenvalue weighted by atomic mass is 10.2. The number of hydrogen-bond donors (Lipinski definition) is 0. The summed E-state index contributed by atoms with van der Waals surface area (Å²) < 4.78 is 0.956. The standard InChI is InChI=1S/C18H18N2OS2/c1-12(2)9-10-22-16-8-7-13(11-19-16)18-20-17(21)14-5-3-4-6-15(14)23-18/h3-8,11-12H,9-10H2,1-2H3. The van der Waals surface area contributed by atoms with Gasteiger partial charge in [-0.25, -0.2) is 4.98 Å². The van der Waals surface area contributed by atoms with E-state index in [1.807, 2.05) is 42.6 Å². The van der Waals surface area contributed by atoms with E-state index in [2.05, 4.69) is 23.8 Å². The van der Waals surface area contributed by atoms with Gasteiger partial charge in [0.05, 0.1) is 10.4 Å². The summed E-state index contributed by atoms with van der Waals surface area (Å²) in [5, 5.41) is 2.41. The van der Waals surface area contributed by atoms with Crippen LogP contribution >= 0.6 is 23.1 Å². The zero-order valence-electron chi connectivity index (χ0n) is 13.2. The van der Waals surface area contributed by atoms with E-state index < -0.39 is 0 Å². The lowest BCUT2D eigenvalue weighted by Gasteiger charge is -2.05. The first-order valence-corrected chi connectivity index (χ1v) is 9.43. The minimum absolute atomic E-state index is 0.176. The average Bonchev–Trinajstić information content (AvgIpc) is 2.55. The third-order valence-corrected chi connectivity index (χ3v) is 5.53. The highest BCUT2D eigenvalue weighted by Gasteiger charge is 2.07. The van der Waals surface area contributed by atoms with Crippen molar-refractivity contribution < 1.29 is 0 Å². The number of nitrogens with zero attached hydrogens (tertiary/aromatic N) is 2. The molecule has 2 aromatic heterocycles. The normalized spacial score (nSPS) is 11.3. The Morgan fingerprint density at radius 2 is 2.00 bits per heavy atom. The Morgan fingerprint density at radius 3 is 2.74 bits per heavy atom. The van der Waals surface area contributed by atoms with Gasteiger partial charge in [0.15, 0.2) is 0 Å². The van der Waals surface area contributed by atoms with E-state index in [1.54, 1.807) is 11.8 Å². The monoisotopic (exact) mass is 342 g/mol. The molecule has 5 heteroatoms. The molecule has 0 saturated carbocycles. The van der Waals surface area contributed by atoms with E-state index in [0.717, 1.165) is 26.0 Å². The second kappa shape index (κ2) is 7.23. The van der Waals surface area contributed by atoms with Crippen LogP contribution in [0.3, 0.4) is 0 Å². The Morgan fingerprint density at radius 1 is 1.17 bits per heavy atom. The molecule has 0 unspecified atom stereocenters. The maximum Gasteiger partial charge on any atom is 0.279 e. The number of pyridine rings is 1. The van der Waals surface area contributed by atoms with Crippen LogP contribution in [0, 0.1) is 5.92 Å². The fraction of sp³-hybridized carbons (Fsp3) is 0.278. The van der Waals surface area contributed by atoms with Crippen molar-refractivity contribution in [3.63, 3.8) is 0 Å². The quantitative estimate of drug-likeness (QED) is 0.621. The number of rotatable bonds is 5. The van der Waals surface area contributed by atoms with E-state index in [9.17, 15) is 4.79 Å². The molecule has 3 aromatic rings. The van der Waals surface area contributed by atoms with Gasteiger partial charge in [-0.2, -0.15) is 4.98 Å². The molecule has 0 amide bonds. The Kier molecular flexibility index (Phi) is 5.08. The molecule has 3 rings (SSSR count). The SMILES string of the molecule is CC(C)CCSc1ccc(-c2nc(=O)c3ccccc3s2)cn1. The predicted molar refractivity (Wildman–Crippen MR) is 99.3 cm³/mol. The van der Waals surface area contributed by atoms with E-state index in [1.165, 1.54) is 17.8 Å². The van der Waals surface area contributed by atoms with Gasteiger partial charge >= 0.3 is 0 Å². The molecule has 3 nitrogen and oxygen atoms in total. The molecular formula is C18H18N2OS2. The molecule has 0 saturated heterocycles. The van der Waals surface area contributed by atoms with Gasteiger partial charge in [-0.1, -0.05) is 26.0 Å². The van der Waals surface area contributed by atoms with E-state index in [0.29, 0.717) is 11.3 Å².